The summed E-state index contributed by atoms with van der Waals surface area (Å²) in [6, 6.07) is 0. The van der Waals surface area contributed by atoms with Crippen LogP contribution in [0.1, 0.15) is 6.42 Å². The molecular weight excluding hydrogens is 444 g/mol. The number of alkyl halides is 16. The fraction of sp³-hybridized carbons (Fsp3) is 1.00. The summed E-state index contributed by atoms with van der Waals surface area (Å²) < 4.78 is 199. The third kappa shape index (κ3) is 4.21. The van der Waals surface area contributed by atoms with Crippen molar-refractivity contribution in [3.8, 4) is 0 Å². The van der Waals surface area contributed by atoms with Crippen molar-refractivity contribution in [1.82, 2.24) is 0 Å². The van der Waals surface area contributed by atoms with Gasteiger partial charge in [0, 0.05) is 12.2 Å². The van der Waals surface area contributed by atoms with E-state index in [9.17, 15) is 70.2 Å². The van der Waals surface area contributed by atoms with Crippen LogP contribution in [0.5, 0.6) is 0 Å². The van der Waals surface area contributed by atoms with E-state index in [0.29, 0.717) is 0 Å². The summed E-state index contributed by atoms with van der Waals surface area (Å²) in [7, 11) is 0. The average Bonchev–Trinajstić information content (AvgIpc) is 2.34. The minimum absolute atomic E-state index is 1.47. The third-order valence-corrected chi connectivity index (χ3v) is 3.42. The SMILES string of the molecule is FC(F)(F)SCCC(F)(F)C(F)(F)C(F)(F)C(F)(F)C(F)(F)C(F)(F)F. The zero-order chi connectivity index (χ0) is 21.6. The Morgan fingerprint density at radius 3 is 1.12 bits per heavy atom. The van der Waals surface area contributed by atoms with Gasteiger partial charge in [-0.3, -0.25) is 0 Å². The lowest BCUT2D eigenvalue weighted by atomic mass is 9.93. The van der Waals surface area contributed by atoms with Gasteiger partial charge in [-0.25, -0.2) is 0 Å². The molecule has 26 heavy (non-hydrogen) atoms. The van der Waals surface area contributed by atoms with Gasteiger partial charge in [0.25, 0.3) is 0 Å². The predicted octanol–water partition coefficient (Wildman–Crippen LogP) is 6.37. The highest BCUT2D eigenvalue weighted by Gasteiger charge is 2.90. The molecule has 0 aromatic heterocycles. The zero-order valence-corrected chi connectivity index (χ0v) is 12.2. The Balaban J connectivity index is 5.85. The van der Waals surface area contributed by atoms with Gasteiger partial charge in [0.15, 0.2) is 0 Å². The van der Waals surface area contributed by atoms with Crippen molar-refractivity contribution in [2.75, 3.05) is 5.75 Å². The van der Waals surface area contributed by atoms with Gasteiger partial charge in [0.1, 0.15) is 0 Å². The topological polar surface area (TPSA) is 0 Å². The van der Waals surface area contributed by atoms with E-state index in [4.69, 9.17) is 0 Å². The Bertz CT molecular complexity index is 485. The minimum Gasteiger partial charge on any atom is -0.200 e. The summed E-state index contributed by atoms with van der Waals surface area (Å²) in [5.41, 5.74) is -5.33. The molecule has 0 rings (SSSR count). The Hall–Kier alpha value is -0.770. The Labute approximate surface area is 136 Å². The number of hydrogen-bond donors (Lipinski definition) is 0. The Kier molecular flexibility index (Phi) is 6.49. The molecule has 0 atom stereocenters. The Morgan fingerprint density at radius 2 is 0.808 bits per heavy atom. The van der Waals surface area contributed by atoms with Crippen molar-refractivity contribution in [2.45, 2.75) is 47.7 Å². The highest BCUT2D eigenvalue weighted by atomic mass is 32.2. The second kappa shape index (κ2) is 6.68. The van der Waals surface area contributed by atoms with Gasteiger partial charge in [0.05, 0.1) is 0 Å². The van der Waals surface area contributed by atoms with E-state index in [1.54, 1.807) is 0 Å². The molecule has 17 heteroatoms. The molecule has 0 saturated carbocycles. The maximum atomic E-state index is 13.0. The van der Waals surface area contributed by atoms with E-state index in [2.05, 4.69) is 0 Å². The molecule has 0 unspecified atom stereocenters. The van der Waals surface area contributed by atoms with Crippen molar-refractivity contribution in [3.05, 3.63) is 0 Å². The third-order valence-electron chi connectivity index (χ3n) is 2.68. The first-order valence-electron chi connectivity index (χ1n) is 5.62. The van der Waals surface area contributed by atoms with Crippen molar-refractivity contribution in [2.24, 2.45) is 0 Å². The molecule has 0 aromatic rings. The summed E-state index contributed by atoms with van der Waals surface area (Å²) in [4.78, 5) is 0. The summed E-state index contributed by atoms with van der Waals surface area (Å²) in [6.45, 7) is 0. The molecule has 0 spiro atoms. The monoisotopic (exact) mass is 448 g/mol. The second-order valence-electron chi connectivity index (χ2n) is 4.54. The van der Waals surface area contributed by atoms with Gasteiger partial charge < -0.3 is 0 Å². The van der Waals surface area contributed by atoms with Crippen LogP contribution < -0.4 is 0 Å². The van der Waals surface area contributed by atoms with Crippen LogP contribution in [-0.4, -0.2) is 47.1 Å². The molecule has 0 aromatic carbocycles. The molecule has 0 aliphatic rings. The molecule has 0 amide bonds. The summed E-state index contributed by atoms with van der Waals surface area (Å²) in [6.07, 6.45) is -10.4. The number of rotatable bonds is 7. The minimum atomic E-state index is -8.05. The van der Waals surface area contributed by atoms with E-state index in [-0.39, 0.29) is 0 Å². The van der Waals surface area contributed by atoms with Crippen LogP contribution >= 0.6 is 11.8 Å². The second-order valence-corrected chi connectivity index (χ2v) is 5.70. The van der Waals surface area contributed by atoms with E-state index in [0.717, 1.165) is 0 Å². The first-order chi connectivity index (χ1) is 11.0. The van der Waals surface area contributed by atoms with Crippen LogP contribution in [0.2, 0.25) is 0 Å². The normalized spacial score (nSPS) is 16.2. The smallest absolute Gasteiger partial charge is 0.200 e. The van der Waals surface area contributed by atoms with Crippen LogP contribution in [0.4, 0.5) is 70.2 Å². The first kappa shape index (κ1) is 25.2. The van der Waals surface area contributed by atoms with Crippen molar-refractivity contribution >= 4 is 11.8 Å². The Morgan fingerprint density at radius 1 is 0.462 bits per heavy atom. The van der Waals surface area contributed by atoms with Crippen LogP contribution in [0.3, 0.4) is 0 Å². The molecule has 158 valence electrons. The van der Waals surface area contributed by atoms with E-state index in [1.807, 2.05) is 0 Å². The standard InChI is InChI=1S/C9H4F16S/c10-3(11,1-2-26-9(23,24)25)4(12,13)5(14,15)6(16,17)7(18,19)8(20,21)22/h1-2H2. The van der Waals surface area contributed by atoms with Crippen molar-refractivity contribution in [3.63, 3.8) is 0 Å². The number of thioether (sulfide) groups is 1. The van der Waals surface area contributed by atoms with Crippen molar-refractivity contribution < 1.29 is 70.2 Å². The molecule has 0 N–H and O–H groups in total. The van der Waals surface area contributed by atoms with Gasteiger partial charge in [0.2, 0.25) is 0 Å². The predicted molar refractivity (Wildman–Crippen MR) is 53.9 cm³/mol. The molecule has 0 radical (unpaired) electrons. The van der Waals surface area contributed by atoms with Gasteiger partial charge in [-0.2, -0.15) is 70.2 Å². The van der Waals surface area contributed by atoms with Crippen LogP contribution in [0.25, 0.3) is 0 Å². The molecule has 0 aliphatic carbocycles. The van der Waals surface area contributed by atoms with E-state index in [1.165, 1.54) is 0 Å². The van der Waals surface area contributed by atoms with Crippen LogP contribution in [-0.2, 0) is 0 Å². The van der Waals surface area contributed by atoms with Gasteiger partial charge in [-0.1, -0.05) is 11.8 Å². The molecule has 0 saturated heterocycles. The quantitative estimate of drug-likeness (QED) is 0.408. The van der Waals surface area contributed by atoms with Gasteiger partial charge >= 0.3 is 41.3 Å². The number of halogens is 16. The highest BCUT2D eigenvalue weighted by Crippen LogP contribution is 2.60. The summed E-state index contributed by atoms with van der Waals surface area (Å²) >= 11 is -1.47. The van der Waals surface area contributed by atoms with Gasteiger partial charge in [-0.05, 0) is 0 Å². The highest BCUT2D eigenvalue weighted by molar-refractivity contribution is 8.00. The fourth-order valence-corrected chi connectivity index (χ4v) is 1.84. The summed E-state index contributed by atoms with van der Waals surface area (Å²) in [5, 5.41) is 0. The summed E-state index contributed by atoms with van der Waals surface area (Å²) in [5.74, 6) is -40.0. The molecular formula is C9H4F16S. The lowest BCUT2D eigenvalue weighted by Crippen LogP contribution is -2.70. The fourth-order valence-electron chi connectivity index (χ4n) is 1.25. The average molecular weight is 448 g/mol. The molecule has 0 heterocycles. The largest absolute Gasteiger partial charge is 0.460 e. The zero-order valence-electron chi connectivity index (χ0n) is 11.4. The maximum Gasteiger partial charge on any atom is 0.460 e. The first-order valence-corrected chi connectivity index (χ1v) is 6.61. The molecule has 0 aliphatic heterocycles. The van der Waals surface area contributed by atoms with Crippen LogP contribution in [0, 0.1) is 0 Å². The molecule has 0 bridgehead atoms. The van der Waals surface area contributed by atoms with Crippen molar-refractivity contribution in [1.29, 1.82) is 0 Å². The van der Waals surface area contributed by atoms with Gasteiger partial charge in [-0.15, -0.1) is 0 Å². The van der Waals surface area contributed by atoms with E-state index < -0.39 is 65.2 Å². The van der Waals surface area contributed by atoms with E-state index >= 15 is 0 Å². The molecule has 0 fully saturated rings. The maximum absolute atomic E-state index is 13.0. The van der Waals surface area contributed by atoms with Crippen LogP contribution in [0.15, 0.2) is 0 Å². The lowest BCUT2D eigenvalue weighted by Gasteiger charge is -2.39. The lowest BCUT2D eigenvalue weighted by molar-refractivity contribution is -0.439. The molecule has 0 nitrogen and oxygen atoms in total. The number of hydrogen-bond acceptors (Lipinski definition) is 1.